The van der Waals surface area contributed by atoms with Crippen molar-refractivity contribution < 1.29 is 17.9 Å². The van der Waals surface area contributed by atoms with Crippen molar-refractivity contribution >= 4 is 29.9 Å². The summed E-state index contributed by atoms with van der Waals surface area (Å²) in [5, 5.41) is 6.17. The van der Waals surface area contributed by atoms with Gasteiger partial charge in [0.05, 0.1) is 12.1 Å². The molecule has 1 aromatic rings. The van der Waals surface area contributed by atoms with E-state index in [9.17, 15) is 13.2 Å². The fourth-order valence-corrected chi connectivity index (χ4v) is 1.73. The largest absolute Gasteiger partial charge is 0.491 e. The standard InChI is InChI=1S/C15H22F3N3O.HI/c1-4-19-14(21-11(2)3)20-9-10-22-13-8-6-5-7-12(13)15(16,17)18;/h5-8,11H,4,9-10H2,1-3H3,(H2,19,20,21);1H. The first-order valence-corrected chi connectivity index (χ1v) is 7.18. The van der Waals surface area contributed by atoms with E-state index in [2.05, 4.69) is 15.6 Å². The third-order valence-corrected chi connectivity index (χ3v) is 2.58. The Balaban J connectivity index is 0.00000484. The number of hydrogen-bond acceptors (Lipinski definition) is 2. The molecular formula is C15H23F3IN3O. The fraction of sp³-hybridized carbons (Fsp3) is 0.533. The number of aliphatic imine (C=N–C) groups is 1. The molecule has 0 aliphatic heterocycles. The van der Waals surface area contributed by atoms with E-state index >= 15 is 0 Å². The number of rotatable bonds is 6. The van der Waals surface area contributed by atoms with Gasteiger partial charge < -0.3 is 15.4 Å². The molecule has 0 saturated carbocycles. The van der Waals surface area contributed by atoms with Crippen LogP contribution in [-0.4, -0.2) is 31.7 Å². The summed E-state index contributed by atoms with van der Waals surface area (Å²) in [4.78, 5) is 4.25. The minimum absolute atomic E-state index is 0. The summed E-state index contributed by atoms with van der Waals surface area (Å²) in [6.45, 7) is 6.92. The average molecular weight is 445 g/mol. The molecule has 8 heteroatoms. The van der Waals surface area contributed by atoms with Crippen molar-refractivity contribution in [2.24, 2.45) is 4.99 Å². The number of guanidine groups is 1. The van der Waals surface area contributed by atoms with Gasteiger partial charge in [0.15, 0.2) is 5.96 Å². The van der Waals surface area contributed by atoms with Crippen molar-refractivity contribution in [3.63, 3.8) is 0 Å². The maximum atomic E-state index is 12.8. The Morgan fingerprint density at radius 2 is 1.91 bits per heavy atom. The first-order chi connectivity index (χ1) is 10.3. The lowest BCUT2D eigenvalue weighted by molar-refractivity contribution is -0.138. The number of alkyl halides is 3. The van der Waals surface area contributed by atoms with Crippen LogP contribution < -0.4 is 15.4 Å². The number of ether oxygens (including phenoxy) is 1. The smallest absolute Gasteiger partial charge is 0.419 e. The van der Waals surface area contributed by atoms with Gasteiger partial charge in [-0.05, 0) is 32.9 Å². The van der Waals surface area contributed by atoms with Gasteiger partial charge in [0.1, 0.15) is 12.4 Å². The van der Waals surface area contributed by atoms with E-state index in [-0.39, 0.29) is 48.9 Å². The van der Waals surface area contributed by atoms with Gasteiger partial charge in [0.25, 0.3) is 0 Å². The molecule has 0 aliphatic carbocycles. The van der Waals surface area contributed by atoms with Crippen LogP contribution in [0.2, 0.25) is 0 Å². The average Bonchev–Trinajstić information content (AvgIpc) is 2.42. The lowest BCUT2D eigenvalue weighted by Gasteiger charge is -2.15. The molecule has 0 unspecified atom stereocenters. The molecular weight excluding hydrogens is 422 g/mol. The summed E-state index contributed by atoms with van der Waals surface area (Å²) in [5.74, 6) is 0.442. The number of nitrogens with one attached hydrogen (secondary N) is 2. The number of benzene rings is 1. The Hall–Kier alpha value is -1.19. The van der Waals surface area contributed by atoms with Gasteiger partial charge >= 0.3 is 6.18 Å². The van der Waals surface area contributed by atoms with Crippen LogP contribution in [0.4, 0.5) is 13.2 Å². The molecule has 0 bridgehead atoms. The van der Waals surface area contributed by atoms with Gasteiger partial charge in [-0.3, -0.25) is 0 Å². The van der Waals surface area contributed by atoms with Crippen LogP contribution in [0.5, 0.6) is 5.75 Å². The molecule has 0 fully saturated rings. The monoisotopic (exact) mass is 445 g/mol. The van der Waals surface area contributed by atoms with Crippen molar-refractivity contribution in [1.82, 2.24) is 10.6 Å². The Kier molecular flexibility index (Phi) is 10.0. The first kappa shape index (κ1) is 21.8. The van der Waals surface area contributed by atoms with Crippen molar-refractivity contribution in [1.29, 1.82) is 0 Å². The molecule has 0 amide bonds. The van der Waals surface area contributed by atoms with E-state index in [1.807, 2.05) is 20.8 Å². The summed E-state index contributed by atoms with van der Waals surface area (Å²) in [5.41, 5.74) is -0.772. The van der Waals surface area contributed by atoms with Crippen LogP contribution in [0, 0.1) is 0 Å². The molecule has 0 aliphatic rings. The quantitative estimate of drug-likeness (QED) is 0.304. The summed E-state index contributed by atoms with van der Waals surface area (Å²) in [6, 6.07) is 5.37. The lowest BCUT2D eigenvalue weighted by Crippen LogP contribution is -2.41. The van der Waals surface area contributed by atoms with Crippen LogP contribution in [0.25, 0.3) is 0 Å². The summed E-state index contributed by atoms with van der Waals surface area (Å²) >= 11 is 0. The predicted octanol–water partition coefficient (Wildman–Crippen LogP) is 3.67. The van der Waals surface area contributed by atoms with Crippen LogP contribution in [0.3, 0.4) is 0 Å². The van der Waals surface area contributed by atoms with Gasteiger partial charge in [0, 0.05) is 12.6 Å². The fourth-order valence-electron chi connectivity index (χ4n) is 1.73. The SMILES string of the molecule is CCNC(=NCCOc1ccccc1C(F)(F)F)NC(C)C.I. The molecule has 1 rings (SSSR count). The predicted molar refractivity (Wildman–Crippen MR) is 96.6 cm³/mol. The Morgan fingerprint density at radius 1 is 1.26 bits per heavy atom. The zero-order chi connectivity index (χ0) is 16.6. The molecule has 23 heavy (non-hydrogen) atoms. The Labute approximate surface area is 151 Å². The molecule has 0 saturated heterocycles. The van der Waals surface area contributed by atoms with Crippen LogP contribution in [-0.2, 0) is 6.18 Å². The van der Waals surface area contributed by atoms with E-state index < -0.39 is 11.7 Å². The van der Waals surface area contributed by atoms with Gasteiger partial charge in [0.2, 0.25) is 0 Å². The minimum Gasteiger partial charge on any atom is -0.491 e. The van der Waals surface area contributed by atoms with Gasteiger partial charge in [-0.1, -0.05) is 12.1 Å². The molecule has 2 N–H and O–H groups in total. The van der Waals surface area contributed by atoms with Crippen molar-refractivity contribution in [2.45, 2.75) is 33.0 Å². The van der Waals surface area contributed by atoms with Crippen molar-refractivity contribution in [2.75, 3.05) is 19.7 Å². The van der Waals surface area contributed by atoms with E-state index in [0.717, 1.165) is 6.07 Å². The number of halogens is 4. The Bertz CT molecular complexity index is 493. The minimum atomic E-state index is -4.42. The molecule has 0 radical (unpaired) electrons. The topological polar surface area (TPSA) is 45.7 Å². The second-order valence-corrected chi connectivity index (χ2v) is 4.90. The lowest BCUT2D eigenvalue weighted by atomic mass is 10.2. The highest BCUT2D eigenvalue weighted by Gasteiger charge is 2.33. The maximum Gasteiger partial charge on any atom is 0.419 e. The summed E-state index contributed by atoms with van der Waals surface area (Å²) < 4.78 is 43.6. The highest BCUT2D eigenvalue weighted by Crippen LogP contribution is 2.35. The summed E-state index contributed by atoms with van der Waals surface area (Å²) in [7, 11) is 0. The number of para-hydroxylation sites is 1. The molecule has 132 valence electrons. The summed E-state index contributed by atoms with van der Waals surface area (Å²) in [6.07, 6.45) is -4.42. The Morgan fingerprint density at radius 3 is 2.48 bits per heavy atom. The molecule has 0 atom stereocenters. The second-order valence-electron chi connectivity index (χ2n) is 4.90. The number of hydrogen-bond donors (Lipinski definition) is 2. The van der Waals surface area contributed by atoms with E-state index in [0.29, 0.717) is 12.5 Å². The van der Waals surface area contributed by atoms with Crippen molar-refractivity contribution in [3.8, 4) is 5.75 Å². The zero-order valence-electron chi connectivity index (χ0n) is 13.4. The normalized spacial score (nSPS) is 11.9. The molecule has 0 aromatic heterocycles. The van der Waals surface area contributed by atoms with E-state index in [1.165, 1.54) is 18.2 Å². The van der Waals surface area contributed by atoms with E-state index in [1.54, 1.807) is 0 Å². The van der Waals surface area contributed by atoms with Gasteiger partial charge in [-0.2, -0.15) is 13.2 Å². The molecule has 1 aromatic carbocycles. The highest BCUT2D eigenvalue weighted by atomic mass is 127. The van der Waals surface area contributed by atoms with Gasteiger partial charge in [-0.15, -0.1) is 24.0 Å². The third kappa shape index (κ3) is 8.29. The molecule has 0 heterocycles. The molecule has 4 nitrogen and oxygen atoms in total. The number of nitrogens with zero attached hydrogens (tertiary/aromatic N) is 1. The van der Waals surface area contributed by atoms with Crippen LogP contribution >= 0.6 is 24.0 Å². The zero-order valence-corrected chi connectivity index (χ0v) is 15.7. The molecule has 0 spiro atoms. The maximum absolute atomic E-state index is 12.8. The highest BCUT2D eigenvalue weighted by molar-refractivity contribution is 14.0. The van der Waals surface area contributed by atoms with Gasteiger partial charge in [-0.25, -0.2) is 4.99 Å². The van der Waals surface area contributed by atoms with E-state index in [4.69, 9.17) is 4.74 Å². The second kappa shape index (κ2) is 10.6. The third-order valence-electron chi connectivity index (χ3n) is 2.58. The van der Waals surface area contributed by atoms with Crippen LogP contribution in [0.1, 0.15) is 26.3 Å². The first-order valence-electron chi connectivity index (χ1n) is 7.18. The van der Waals surface area contributed by atoms with Crippen LogP contribution in [0.15, 0.2) is 29.3 Å². The van der Waals surface area contributed by atoms with Crippen molar-refractivity contribution in [3.05, 3.63) is 29.8 Å².